The summed E-state index contributed by atoms with van der Waals surface area (Å²) >= 11 is 1.88. The third kappa shape index (κ3) is 4.90. The van der Waals surface area contributed by atoms with Gasteiger partial charge in [0.1, 0.15) is 0 Å². The molecule has 10 rings (SSSR count). The third-order valence-electron chi connectivity index (χ3n) is 10.5. The summed E-state index contributed by atoms with van der Waals surface area (Å²) in [5, 5.41) is 2.56. The van der Waals surface area contributed by atoms with Crippen molar-refractivity contribution in [2.24, 2.45) is 0 Å². The highest BCUT2D eigenvalue weighted by Crippen LogP contribution is 2.51. The fraction of sp³-hybridized carbons (Fsp3) is 0.0625. The van der Waals surface area contributed by atoms with Crippen molar-refractivity contribution in [3.05, 3.63) is 175 Å². The fourth-order valence-electron chi connectivity index (χ4n) is 7.95. The Hall–Kier alpha value is -6.23. The maximum Gasteiger partial charge on any atom is 0.164 e. The lowest BCUT2D eigenvalue weighted by Crippen LogP contribution is -2.14. The first-order chi connectivity index (χ1) is 25.5. The lowest BCUT2D eigenvalue weighted by Gasteiger charge is -2.22. The summed E-state index contributed by atoms with van der Waals surface area (Å²) in [4.78, 5) is 14.9. The number of hydrogen-bond acceptors (Lipinski definition) is 4. The monoisotopic (exact) mass is 683 g/mol. The van der Waals surface area contributed by atoms with Crippen molar-refractivity contribution < 1.29 is 0 Å². The molecule has 0 saturated heterocycles. The van der Waals surface area contributed by atoms with Gasteiger partial charge in [0, 0.05) is 42.3 Å². The summed E-state index contributed by atoms with van der Waals surface area (Å²) < 4.78 is 2.59. The van der Waals surface area contributed by atoms with Gasteiger partial charge in [0.25, 0.3) is 0 Å². The Balaban J connectivity index is 1.10. The Morgan fingerprint density at radius 3 is 1.69 bits per heavy atom. The third-order valence-corrected chi connectivity index (χ3v) is 11.8. The van der Waals surface area contributed by atoms with Gasteiger partial charge in [0.05, 0.1) is 0 Å². The topological polar surface area (TPSA) is 38.7 Å². The highest BCUT2D eigenvalue weighted by atomic mass is 32.1. The molecule has 0 radical (unpaired) electrons. The molecular weight excluding hydrogens is 651 g/mol. The molecule has 0 bridgehead atoms. The minimum absolute atomic E-state index is 0.0452. The zero-order chi connectivity index (χ0) is 34.8. The van der Waals surface area contributed by atoms with E-state index in [-0.39, 0.29) is 5.41 Å². The van der Waals surface area contributed by atoms with Crippen LogP contribution in [0.15, 0.2) is 164 Å². The smallest absolute Gasteiger partial charge is 0.164 e. The fourth-order valence-corrected chi connectivity index (χ4v) is 9.22. The summed E-state index contributed by atoms with van der Waals surface area (Å²) in [7, 11) is 0. The van der Waals surface area contributed by atoms with Crippen molar-refractivity contribution in [3.8, 4) is 67.5 Å². The molecule has 246 valence electrons. The van der Waals surface area contributed by atoms with Crippen LogP contribution in [0.5, 0.6) is 0 Å². The molecule has 0 unspecified atom stereocenters. The molecule has 0 atom stereocenters. The summed E-state index contributed by atoms with van der Waals surface area (Å²) in [6, 6.07) is 58.3. The van der Waals surface area contributed by atoms with E-state index in [0.29, 0.717) is 17.5 Å². The Kier molecular flexibility index (Phi) is 7.02. The van der Waals surface area contributed by atoms with Gasteiger partial charge in [0.2, 0.25) is 0 Å². The number of rotatable bonds is 5. The van der Waals surface area contributed by atoms with Gasteiger partial charge in [-0.2, -0.15) is 0 Å². The van der Waals surface area contributed by atoms with Crippen molar-refractivity contribution in [1.29, 1.82) is 0 Å². The van der Waals surface area contributed by atoms with E-state index in [4.69, 9.17) is 15.0 Å². The molecule has 0 amide bonds. The van der Waals surface area contributed by atoms with Crippen LogP contribution in [0, 0.1) is 0 Å². The van der Waals surface area contributed by atoms with Crippen LogP contribution in [0.25, 0.3) is 87.7 Å². The van der Waals surface area contributed by atoms with Crippen molar-refractivity contribution >= 4 is 31.5 Å². The quantitative estimate of drug-likeness (QED) is 0.181. The summed E-state index contributed by atoms with van der Waals surface area (Å²) in [6.45, 7) is 4.70. The second-order valence-corrected chi connectivity index (χ2v) is 15.1. The molecule has 2 heterocycles. The molecule has 9 aromatic rings. The molecule has 52 heavy (non-hydrogen) atoms. The van der Waals surface area contributed by atoms with Crippen LogP contribution in [-0.2, 0) is 5.41 Å². The van der Waals surface area contributed by atoms with Crippen LogP contribution in [-0.4, -0.2) is 15.0 Å². The molecule has 0 saturated carbocycles. The van der Waals surface area contributed by atoms with Crippen LogP contribution in [0.4, 0.5) is 0 Å². The van der Waals surface area contributed by atoms with Crippen molar-refractivity contribution in [2.75, 3.05) is 0 Å². The molecule has 0 fully saturated rings. The van der Waals surface area contributed by atoms with Crippen LogP contribution >= 0.6 is 11.3 Å². The van der Waals surface area contributed by atoms with Gasteiger partial charge in [-0.1, -0.05) is 159 Å². The molecule has 1 aliphatic carbocycles. The van der Waals surface area contributed by atoms with Gasteiger partial charge in [-0.15, -0.1) is 11.3 Å². The van der Waals surface area contributed by atoms with E-state index in [9.17, 15) is 0 Å². The largest absolute Gasteiger partial charge is 0.208 e. The van der Waals surface area contributed by atoms with Gasteiger partial charge in [-0.3, -0.25) is 0 Å². The lowest BCUT2D eigenvalue weighted by molar-refractivity contribution is 0.660. The Morgan fingerprint density at radius 2 is 0.942 bits per heavy atom. The van der Waals surface area contributed by atoms with Crippen molar-refractivity contribution in [3.63, 3.8) is 0 Å². The van der Waals surface area contributed by atoms with Gasteiger partial charge < -0.3 is 0 Å². The van der Waals surface area contributed by atoms with Gasteiger partial charge in [-0.25, -0.2) is 15.0 Å². The van der Waals surface area contributed by atoms with E-state index in [1.54, 1.807) is 0 Å². The predicted octanol–water partition coefficient (Wildman–Crippen LogP) is 12.9. The molecule has 2 aromatic heterocycles. The molecule has 0 N–H and O–H groups in total. The van der Waals surface area contributed by atoms with E-state index < -0.39 is 0 Å². The second kappa shape index (κ2) is 11.9. The van der Waals surface area contributed by atoms with E-state index in [0.717, 1.165) is 22.3 Å². The number of thiophene rings is 1. The number of aromatic nitrogens is 3. The van der Waals surface area contributed by atoms with E-state index >= 15 is 0 Å². The average molecular weight is 684 g/mol. The van der Waals surface area contributed by atoms with E-state index in [1.807, 2.05) is 72.0 Å². The highest BCUT2D eigenvalue weighted by Gasteiger charge is 2.35. The van der Waals surface area contributed by atoms with E-state index in [2.05, 4.69) is 117 Å². The number of hydrogen-bond donors (Lipinski definition) is 0. The van der Waals surface area contributed by atoms with Crippen molar-refractivity contribution in [1.82, 2.24) is 15.0 Å². The maximum atomic E-state index is 5.01. The molecule has 7 aromatic carbocycles. The molecule has 4 heteroatoms. The minimum Gasteiger partial charge on any atom is -0.208 e. The predicted molar refractivity (Wildman–Crippen MR) is 217 cm³/mol. The number of benzene rings is 7. The van der Waals surface area contributed by atoms with Crippen LogP contribution in [0.3, 0.4) is 0 Å². The molecule has 1 aliphatic rings. The van der Waals surface area contributed by atoms with Crippen LogP contribution in [0.2, 0.25) is 0 Å². The maximum absolute atomic E-state index is 5.01. The lowest BCUT2D eigenvalue weighted by atomic mass is 9.81. The van der Waals surface area contributed by atoms with E-state index in [1.165, 1.54) is 59.1 Å². The van der Waals surface area contributed by atoms with Gasteiger partial charge in [0.15, 0.2) is 17.5 Å². The summed E-state index contributed by atoms with van der Waals surface area (Å²) in [5.41, 5.74) is 13.2. The zero-order valence-corrected chi connectivity index (χ0v) is 29.7. The summed E-state index contributed by atoms with van der Waals surface area (Å²) in [5.74, 6) is 1.97. The van der Waals surface area contributed by atoms with Gasteiger partial charge >= 0.3 is 0 Å². The molecule has 0 spiro atoms. The first kappa shape index (κ1) is 30.6. The molecule has 0 aliphatic heterocycles. The first-order valence-electron chi connectivity index (χ1n) is 17.7. The number of fused-ring (bicyclic) bond motifs is 6. The normalized spacial score (nSPS) is 13.0. The Morgan fingerprint density at radius 1 is 0.404 bits per heavy atom. The average Bonchev–Trinajstić information content (AvgIpc) is 3.70. The summed E-state index contributed by atoms with van der Waals surface area (Å²) in [6.07, 6.45) is 0. The standard InChI is InChI=1S/C48H33N3S/c1-48(2)40-24-10-9-20-37(40)38-27-26-33(29-41(38)48)36-22-12-23-39-43-35(21-13-25-42(43)52-44(36)39)32-18-11-19-34(28-32)47-50-45(30-14-5-3-6-15-30)49-46(51-47)31-16-7-4-8-17-31/h3-29H,1-2H3. The second-order valence-electron chi connectivity index (χ2n) is 14.0. The molecular formula is C48H33N3S. The molecule has 3 nitrogen and oxygen atoms in total. The van der Waals surface area contributed by atoms with Crippen LogP contribution < -0.4 is 0 Å². The van der Waals surface area contributed by atoms with Gasteiger partial charge in [-0.05, 0) is 62.7 Å². The Bertz CT molecular complexity index is 2760. The zero-order valence-electron chi connectivity index (χ0n) is 28.8. The SMILES string of the molecule is CC1(C)c2ccccc2-c2ccc(-c3cccc4c3sc3cccc(-c5cccc(-c6nc(-c7ccccc7)nc(-c7ccccc7)n6)c5)c34)cc21. The highest BCUT2D eigenvalue weighted by molar-refractivity contribution is 7.26. The van der Waals surface area contributed by atoms with Crippen LogP contribution in [0.1, 0.15) is 25.0 Å². The van der Waals surface area contributed by atoms with Crippen molar-refractivity contribution in [2.45, 2.75) is 19.3 Å². The number of nitrogens with zero attached hydrogens (tertiary/aromatic N) is 3. The first-order valence-corrected chi connectivity index (χ1v) is 18.5. The minimum atomic E-state index is -0.0452. The Labute approximate surface area is 307 Å².